The van der Waals surface area contributed by atoms with Gasteiger partial charge in [0.05, 0.1) is 11.6 Å². The van der Waals surface area contributed by atoms with Gasteiger partial charge >= 0.3 is 0 Å². The number of nitriles is 1. The van der Waals surface area contributed by atoms with E-state index < -0.39 is 0 Å². The fraction of sp³-hybridized carbons (Fsp3) is 0.188. The lowest BCUT2D eigenvalue weighted by Crippen LogP contribution is -2.24. The molecule has 0 aliphatic carbocycles. The number of rotatable bonds is 2. The molecule has 2 aromatic rings. The van der Waals surface area contributed by atoms with Crippen molar-refractivity contribution in [2.24, 2.45) is 5.73 Å². The third-order valence-corrected chi connectivity index (χ3v) is 3.42. The van der Waals surface area contributed by atoms with Crippen molar-refractivity contribution in [3.63, 3.8) is 0 Å². The van der Waals surface area contributed by atoms with Crippen LogP contribution < -0.4 is 10.5 Å². The molecule has 0 spiro atoms. The number of nitrogens with two attached hydrogens (primary N) is 1. The number of para-hydroxylation sites is 1. The third-order valence-electron chi connectivity index (χ3n) is 3.42. The Morgan fingerprint density at radius 2 is 2.00 bits per heavy atom. The number of hydrogen-bond acceptors (Lipinski definition) is 3. The second-order valence-electron chi connectivity index (χ2n) is 4.66. The van der Waals surface area contributed by atoms with Crippen LogP contribution in [-0.2, 0) is 6.42 Å². The van der Waals surface area contributed by atoms with Crippen LogP contribution in [0, 0.1) is 11.3 Å². The van der Waals surface area contributed by atoms with Crippen molar-refractivity contribution in [1.29, 1.82) is 5.26 Å². The summed E-state index contributed by atoms with van der Waals surface area (Å²) in [5, 5.41) is 8.83. The molecule has 3 rings (SSSR count). The second kappa shape index (κ2) is 4.75. The summed E-state index contributed by atoms with van der Waals surface area (Å²) in [5.74, 6) is 0.933. The lowest BCUT2D eigenvalue weighted by atomic mass is 10.00. The van der Waals surface area contributed by atoms with Gasteiger partial charge in [-0.1, -0.05) is 30.3 Å². The van der Waals surface area contributed by atoms with E-state index in [1.165, 1.54) is 5.56 Å². The molecule has 2 aromatic carbocycles. The van der Waals surface area contributed by atoms with Crippen LogP contribution in [0.1, 0.15) is 11.1 Å². The maximum absolute atomic E-state index is 8.83. The smallest absolute Gasteiger partial charge is 0.130 e. The normalized spacial score (nSPS) is 16.5. The highest BCUT2D eigenvalue weighted by atomic mass is 16.5. The van der Waals surface area contributed by atoms with Gasteiger partial charge in [-0.3, -0.25) is 0 Å². The molecule has 0 saturated carbocycles. The molecule has 94 valence electrons. The Kier molecular flexibility index (Phi) is 2.94. The van der Waals surface area contributed by atoms with Crippen LogP contribution >= 0.6 is 0 Å². The third kappa shape index (κ3) is 2.07. The standard InChI is InChI=1S/C16H14N2O/c17-9-11-4-6-12(7-5-11)15-3-1-2-13-8-14(10-18)19-16(13)15/h1-7,14H,8,10,18H2. The zero-order valence-electron chi connectivity index (χ0n) is 10.5. The number of benzene rings is 2. The minimum atomic E-state index is 0.0783. The first-order valence-electron chi connectivity index (χ1n) is 6.31. The van der Waals surface area contributed by atoms with Crippen molar-refractivity contribution in [3.05, 3.63) is 53.6 Å². The fourth-order valence-electron chi connectivity index (χ4n) is 2.42. The van der Waals surface area contributed by atoms with Gasteiger partial charge in [-0.15, -0.1) is 0 Å². The molecule has 0 saturated heterocycles. The molecule has 3 nitrogen and oxygen atoms in total. The number of hydrogen-bond donors (Lipinski definition) is 1. The Labute approximate surface area is 112 Å². The highest BCUT2D eigenvalue weighted by Crippen LogP contribution is 2.38. The Morgan fingerprint density at radius 1 is 1.21 bits per heavy atom. The van der Waals surface area contributed by atoms with Gasteiger partial charge in [-0.05, 0) is 23.3 Å². The molecule has 19 heavy (non-hydrogen) atoms. The molecule has 0 amide bonds. The summed E-state index contributed by atoms with van der Waals surface area (Å²) in [5.41, 5.74) is 9.68. The first kappa shape index (κ1) is 11.8. The summed E-state index contributed by atoms with van der Waals surface area (Å²) in [6.45, 7) is 0.529. The van der Waals surface area contributed by atoms with E-state index in [-0.39, 0.29) is 6.10 Å². The lowest BCUT2D eigenvalue weighted by molar-refractivity contribution is 0.242. The minimum absolute atomic E-state index is 0.0783. The average Bonchev–Trinajstić information content (AvgIpc) is 2.90. The van der Waals surface area contributed by atoms with Gasteiger partial charge in [0.25, 0.3) is 0 Å². The van der Waals surface area contributed by atoms with Crippen molar-refractivity contribution in [2.45, 2.75) is 12.5 Å². The summed E-state index contributed by atoms with van der Waals surface area (Å²) < 4.78 is 5.91. The van der Waals surface area contributed by atoms with Crippen LogP contribution in [0.2, 0.25) is 0 Å². The molecule has 1 unspecified atom stereocenters. The van der Waals surface area contributed by atoms with E-state index in [1.807, 2.05) is 36.4 Å². The summed E-state index contributed by atoms with van der Waals surface area (Å²) in [7, 11) is 0. The first-order valence-corrected chi connectivity index (χ1v) is 6.31. The Balaban J connectivity index is 2.03. The molecule has 1 aliphatic heterocycles. The van der Waals surface area contributed by atoms with Gasteiger partial charge in [0.2, 0.25) is 0 Å². The van der Waals surface area contributed by atoms with E-state index in [2.05, 4.69) is 12.1 Å². The average molecular weight is 250 g/mol. The molecule has 3 heteroatoms. The molecule has 0 bridgehead atoms. The molecule has 0 aromatic heterocycles. The predicted octanol–water partition coefficient (Wildman–Crippen LogP) is 2.49. The molecular formula is C16H14N2O. The van der Waals surface area contributed by atoms with Crippen LogP contribution in [0.5, 0.6) is 5.75 Å². The topological polar surface area (TPSA) is 59.0 Å². The van der Waals surface area contributed by atoms with E-state index in [1.54, 1.807) is 0 Å². The van der Waals surface area contributed by atoms with E-state index in [0.29, 0.717) is 12.1 Å². The molecule has 1 atom stereocenters. The van der Waals surface area contributed by atoms with Gasteiger partial charge in [-0.25, -0.2) is 0 Å². The van der Waals surface area contributed by atoms with Crippen LogP contribution in [0.15, 0.2) is 42.5 Å². The van der Waals surface area contributed by atoms with Gasteiger partial charge in [-0.2, -0.15) is 5.26 Å². The highest BCUT2D eigenvalue weighted by Gasteiger charge is 2.24. The van der Waals surface area contributed by atoms with E-state index in [9.17, 15) is 0 Å². The Bertz CT molecular complexity index is 641. The largest absolute Gasteiger partial charge is 0.488 e. The Morgan fingerprint density at radius 3 is 2.68 bits per heavy atom. The van der Waals surface area contributed by atoms with Crippen molar-refractivity contribution < 1.29 is 4.74 Å². The molecule has 1 aliphatic rings. The van der Waals surface area contributed by atoms with E-state index in [0.717, 1.165) is 23.3 Å². The summed E-state index contributed by atoms with van der Waals surface area (Å²) >= 11 is 0. The maximum atomic E-state index is 8.83. The van der Waals surface area contributed by atoms with Gasteiger partial charge in [0, 0.05) is 18.5 Å². The molecule has 0 radical (unpaired) electrons. The van der Waals surface area contributed by atoms with Crippen LogP contribution in [0.25, 0.3) is 11.1 Å². The number of nitrogens with zero attached hydrogens (tertiary/aromatic N) is 1. The lowest BCUT2D eigenvalue weighted by Gasteiger charge is -2.10. The van der Waals surface area contributed by atoms with E-state index >= 15 is 0 Å². The molecule has 2 N–H and O–H groups in total. The first-order chi connectivity index (χ1) is 9.31. The fourth-order valence-corrected chi connectivity index (χ4v) is 2.42. The summed E-state index contributed by atoms with van der Waals surface area (Å²) in [6.07, 6.45) is 0.949. The maximum Gasteiger partial charge on any atom is 0.130 e. The number of ether oxygens (including phenoxy) is 1. The van der Waals surface area contributed by atoms with Crippen LogP contribution in [0.4, 0.5) is 0 Å². The number of fused-ring (bicyclic) bond motifs is 1. The van der Waals surface area contributed by atoms with Crippen molar-refractivity contribution in [2.75, 3.05) is 6.54 Å². The molecule has 1 heterocycles. The SMILES string of the molecule is N#Cc1ccc(-c2cccc3c2OC(CN)C3)cc1. The van der Waals surface area contributed by atoms with Gasteiger partial charge in [0.15, 0.2) is 0 Å². The van der Waals surface area contributed by atoms with Crippen molar-refractivity contribution in [3.8, 4) is 22.9 Å². The van der Waals surface area contributed by atoms with Crippen molar-refractivity contribution >= 4 is 0 Å². The van der Waals surface area contributed by atoms with E-state index in [4.69, 9.17) is 15.7 Å². The second-order valence-corrected chi connectivity index (χ2v) is 4.66. The molecular weight excluding hydrogens is 236 g/mol. The van der Waals surface area contributed by atoms with Crippen LogP contribution in [0.3, 0.4) is 0 Å². The predicted molar refractivity (Wildman–Crippen MR) is 73.8 cm³/mol. The minimum Gasteiger partial charge on any atom is -0.488 e. The Hall–Kier alpha value is -2.31. The van der Waals surface area contributed by atoms with Gasteiger partial charge < -0.3 is 10.5 Å². The monoisotopic (exact) mass is 250 g/mol. The summed E-state index contributed by atoms with van der Waals surface area (Å²) in [4.78, 5) is 0. The van der Waals surface area contributed by atoms with Crippen molar-refractivity contribution in [1.82, 2.24) is 0 Å². The van der Waals surface area contributed by atoms with Crippen LogP contribution in [-0.4, -0.2) is 12.6 Å². The molecule has 0 fully saturated rings. The zero-order chi connectivity index (χ0) is 13.2. The highest BCUT2D eigenvalue weighted by molar-refractivity contribution is 5.73. The summed E-state index contributed by atoms with van der Waals surface area (Å²) in [6, 6.07) is 15.8. The van der Waals surface area contributed by atoms with Gasteiger partial charge in [0.1, 0.15) is 11.9 Å². The quantitative estimate of drug-likeness (QED) is 0.890. The zero-order valence-corrected chi connectivity index (χ0v) is 10.5.